The lowest BCUT2D eigenvalue weighted by molar-refractivity contribution is 0.186. The summed E-state index contributed by atoms with van der Waals surface area (Å²) in [6.45, 7) is 0. The molecule has 106 valence electrons. The highest BCUT2D eigenvalue weighted by Gasteiger charge is 2.27. The highest BCUT2D eigenvalue weighted by molar-refractivity contribution is 7.99. The molecule has 4 rings (SSSR count). The second-order valence-electron chi connectivity index (χ2n) is 5.13. The molecule has 2 aromatic carbocycles. The van der Waals surface area contributed by atoms with E-state index in [-0.39, 0.29) is 12.1 Å². The van der Waals surface area contributed by atoms with Gasteiger partial charge in [-0.1, -0.05) is 30.3 Å². The van der Waals surface area contributed by atoms with Gasteiger partial charge in [-0.2, -0.15) is 0 Å². The molecule has 0 spiro atoms. The summed E-state index contributed by atoms with van der Waals surface area (Å²) >= 11 is 3.58. The van der Waals surface area contributed by atoms with Crippen molar-refractivity contribution in [2.24, 2.45) is 5.73 Å². The predicted molar refractivity (Wildman–Crippen MR) is 90.3 cm³/mol. The summed E-state index contributed by atoms with van der Waals surface area (Å²) in [5.41, 5.74) is 7.71. The topological polar surface area (TPSA) is 35.2 Å². The van der Waals surface area contributed by atoms with Crippen LogP contribution in [0.5, 0.6) is 5.75 Å². The summed E-state index contributed by atoms with van der Waals surface area (Å²) in [5.74, 6) is 1.84. The molecule has 21 heavy (non-hydrogen) atoms. The molecule has 0 radical (unpaired) electrons. The molecule has 0 saturated carbocycles. The van der Waals surface area contributed by atoms with Gasteiger partial charge in [-0.15, -0.1) is 23.1 Å². The molecule has 0 amide bonds. The Hall–Kier alpha value is -1.49. The van der Waals surface area contributed by atoms with Gasteiger partial charge in [-0.25, -0.2) is 0 Å². The molecule has 3 aromatic rings. The largest absolute Gasteiger partial charge is 0.486 e. The molecule has 0 aliphatic carbocycles. The van der Waals surface area contributed by atoms with Crippen LogP contribution in [-0.2, 0) is 0 Å². The van der Waals surface area contributed by atoms with Crippen LogP contribution in [0, 0.1) is 0 Å². The lowest BCUT2D eigenvalue weighted by atomic mass is 10.0. The van der Waals surface area contributed by atoms with E-state index in [1.165, 1.54) is 20.5 Å². The van der Waals surface area contributed by atoms with Crippen LogP contribution in [0.4, 0.5) is 0 Å². The van der Waals surface area contributed by atoms with Crippen molar-refractivity contribution in [1.29, 1.82) is 0 Å². The number of thiophene rings is 1. The van der Waals surface area contributed by atoms with Crippen molar-refractivity contribution >= 4 is 33.2 Å². The van der Waals surface area contributed by atoms with Gasteiger partial charge in [0.15, 0.2) is 0 Å². The lowest BCUT2D eigenvalue weighted by Gasteiger charge is -2.30. The zero-order chi connectivity index (χ0) is 14.2. The molecule has 2 N–H and O–H groups in total. The van der Waals surface area contributed by atoms with Gasteiger partial charge in [-0.05, 0) is 34.5 Å². The Balaban J connectivity index is 1.67. The summed E-state index contributed by atoms with van der Waals surface area (Å²) in [6, 6.07) is 16.5. The average molecular weight is 313 g/mol. The van der Waals surface area contributed by atoms with Gasteiger partial charge < -0.3 is 10.5 Å². The Labute approximate surface area is 131 Å². The summed E-state index contributed by atoms with van der Waals surface area (Å²) in [6.07, 6.45) is 0.0117. The molecule has 0 fully saturated rings. The van der Waals surface area contributed by atoms with E-state index in [4.69, 9.17) is 10.5 Å². The number of fused-ring (bicyclic) bond motifs is 2. The molecule has 2 atom stereocenters. The van der Waals surface area contributed by atoms with Crippen LogP contribution in [-0.4, -0.2) is 11.9 Å². The number of hydrogen-bond acceptors (Lipinski definition) is 4. The number of benzene rings is 2. The lowest BCUT2D eigenvalue weighted by Crippen LogP contribution is -2.35. The molecule has 0 bridgehead atoms. The van der Waals surface area contributed by atoms with Crippen LogP contribution in [0.1, 0.15) is 11.6 Å². The first kappa shape index (κ1) is 13.2. The van der Waals surface area contributed by atoms with Crippen molar-refractivity contribution in [2.75, 3.05) is 5.75 Å². The zero-order valence-electron chi connectivity index (χ0n) is 11.4. The smallest absolute Gasteiger partial charge is 0.133 e. The quantitative estimate of drug-likeness (QED) is 0.759. The van der Waals surface area contributed by atoms with Crippen molar-refractivity contribution in [3.8, 4) is 5.75 Å². The summed E-state index contributed by atoms with van der Waals surface area (Å²) in [4.78, 5) is 1.20. The van der Waals surface area contributed by atoms with Crippen molar-refractivity contribution in [2.45, 2.75) is 17.0 Å². The van der Waals surface area contributed by atoms with E-state index in [1.807, 2.05) is 30.0 Å². The summed E-state index contributed by atoms with van der Waals surface area (Å²) in [5, 5.41) is 3.38. The Bertz CT molecular complexity index is 783. The molecular formula is C17H15NOS2. The third-order valence-corrected chi connectivity index (χ3v) is 5.92. The fourth-order valence-corrected chi connectivity index (χ4v) is 4.71. The fourth-order valence-electron chi connectivity index (χ4n) is 2.69. The van der Waals surface area contributed by atoms with Gasteiger partial charge in [0.2, 0.25) is 0 Å². The molecule has 2 nitrogen and oxygen atoms in total. The van der Waals surface area contributed by atoms with Crippen LogP contribution in [0.3, 0.4) is 0 Å². The normalized spacial score (nSPS) is 19.0. The molecular weight excluding hydrogens is 298 g/mol. The van der Waals surface area contributed by atoms with Crippen LogP contribution in [0.25, 0.3) is 10.1 Å². The van der Waals surface area contributed by atoms with Crippen molar-refractivity contribution in [1.82, 2.24) is 0 Å². The first-order valence-electron chi connectivity index (χ1n) is 6.93. The van der Waals surface area contributed by atoms with E-state index in [1.54, 1.807) is 11.3 Å². The first-order chi connectivity index (χ1) is 10.3. The standard InChI is InChI=1S/C17H15NOS2/c18-16(12-5-3-4-11-8-9-20-17(11)12)14-10-21-15-7-2-1-6-13(15)19-14/h1-9,14,16H,10,18H2. The number of ether oxygens (including phenoxy) is 1. The zero-order valence-corrected chi connectivity index (χ0v) is 13.0. The fraction of sp³-hybridized carbons (Fsp3) is 0.176. The molecule has 1 aliphatic rings. The third-order valence-electron chi connectivity index (χ3n) is 3.80. The molecule has 0 saturated heterocycles. The van der Waals surface area contributed by atoms with Crippen molar-refractivity contribution in [3.05, 3.63) is 59.5 Å². The minimum atomic E-state index is -0.104. The summed E-state index contributed by atoms with van der Waals surface area (Å²) < 4.78 is 7.41. The highest BCUT2D eigenvalue weighted by Crippen LogP contribution is 2.39. The van der Waals surface area contributed by atoms with Crippen molar-refractivity contribution in [3.63, 3.8) is 0 Å². The SMILES string of the molecule is NC(c1cccc2ccsc12)C1CSc2ccccc2O1. The van der Waals surface area contributed by atoms with E-state index in [9.17, 15) is 0 Å². The van der Waals surface area contributed by atoms with Gasteiger partial charge in [0, 0.05) is 15.3 Å². The van der Waals surface area contributed by atoms with Gasteiger partial charge in [0.1, 0.15) is 11.9 Å². The molecule has 1 aliphatic heterocycles. The van der Waals surface area contributed by atoms with E-state index in [0.29, 0.717) is 0 Å². The Morgan fingerprint density at radius 1 is 1.10 bits per heavy atom. The number of para-hydroxylation sites is 1. The number of hydrogen-bond donors (Lipinski definition) is 1. The van der Waals surface area contributed by atoms with Crippen LogP contribution >= 0.6 is 23.1 Å². The number of rotatable bonds is 2. The summed E-state index contributed by atoms with van der Waals surface area (Å²) in [7, 11) is 0. The monoisotopic (exact) mass is 313 g/mol. The molecule has 2 heterocycles. The maximum Gasteiger partial charge on any atom is 0.133 e. The van der Waals surface area contributed by atoms with Crippen molar-refractivity contribution < 1.29 is 4.74 Å². The highest BCUT2D eigenvalue weighted by atomic mass is 32.2. The second-order valence-corrected chi connectivity index (χ2v) is 7.10. The van der Waals surface area contributed by atoms with E-state index in [2.05, 4.69) is 35.7 Å². The van der Waals surface area contributed by atoms with Crippen LogP contribution < -0.4 is 10.5 Å². The average Bonchev–Trinajstić information content (AvgIpc) is 3.02. The maximum absolute atomic E-state index is 6.52. The third kappa shape index (κ3) is 2.33. The van der Waals surface area contributed by atoms with E-state index >= 15 is 0 Å². The molecule has 2 unspecified atom stereocenters. The number of thioether (sulfide) groups is 1. The van der Waals surface area contributed by atoms with Gasteiger partial charge in [0.05, 0.1) is 6.04 Å². The van der Waals surface area contributed by atoms with E-state index in [0.717, 1.165) is 11.5 Å². The minimum Gasteiger partial charge on any atom is -0.486 e. The Morgan fingerprint density at radius 3 is 2.95 bits per heavy atom. The number of nitrogens with two attached hydrogens (primary N) is 1. The predicted octanol–water partition coefficient (Wildman–Crippen LogP) is 4.45. The minimum absolute atomic E-state index is 0.0117. The van der Waals surface area contributed by atoms with Gasteiger partial charge in [-0.3, -0.25) is 0 Å². The Morgan fingerprint density at radius 2 is 2.00 bits per heavy atom. The molecule has 4 heteroatoms. The van der Waals surface area contributed by atoms with Crippen LogP contribution in [0.15, 0.2) is 58.8 Å². The second kappa shape index (κ2) is 5.37. The molecule has 1 aromatic heterocycles. The van der Waals surface area contributed by atoms with Crippen LogP contribution in [0.2, 0.25) is 0 Å². The van der Waals surface area contributed by atoms with Gasteiger partial charge >= 0.3 is 0 Å². The van der Waals surface area contributed by atoms with E-state index < -0.39 is 0 Å². The Kier molecular flexibility index (Phi) is 3.37. The first-order valence-corrected chi connectivity index (χ1v) is 8.79. The van der Waals surface area contributed by atoms with Gasteiger partial charge in [0.25, 0.3) is 0 Å². The maximum atomic E-state index is 6.52.